The van der Waals surface area contributed by atoms with Crippen molar-refractivity contribution in [2.75, 3.05) is 6.54 Å². The van der Waals surface area contributed by atoms with E-state index in [1.165, 1.54) is 17.7 Å². The first-order chi connectivity index (χ1) is 14.3. The summed E-state index contributed by atoms with van der Waals surface area (Å²) < 4.78 is 13.7. The molecule has 0 aliphatic carbocycles. The predicted molar refractivity (Wildman–Crippen MR) is 113 cm³/mol. The highest BCUT2D eigenvalue weighted by molar-refractivity contribution is 5.69. The Morgan fingerprint density at radius 1 is 0.793 bits per heavy atom. The van der Waals surface area contributed by atoms with E-state index in [0.717, 1.165) is 40.9 Å². The molecule has 0 unspecified atom stereocenters. The Balaban J connectivity index is 1.57. The third kappa shape index (κ3) is 4.89. The highest BCUT2D eigenvalue weighted by atomic mass is 19.1. The van der Waals surface area contributed by atoms with E-state index in [2.05, 4.69) is 21.4 Å². The minimum atomic E-state index is -0.252. The van der Waals surface area contributed by atoms with Gasteiger partial charge in [0.2, 0.25) is 0 Å². The van der Waals surface area contributed by atoms with Gasteiger partial charge in [0, 0.05) is 48.7 Å². The number of pyridine rings is 3. The molecule has 0 saturated heterocycles. The van der Waals surface area contributed by atoms with Crippen molar-refractivity contribution >= 4 is 0 Å². The van der Waals surface area contributed by atoms with Gasteiger partial charge in [-0.05, 0) is 72.1 Å². The molecule has 5 heteroatoms. The maximum Gasteiger partial charge on any atom is 0.123 e. The fourth-order valence-corrected chi connectivity index (χ4v) is 3.25. The van der Waals surface area contributed by atoms with E-state index in [1.54, 1.807) is 24.7 Å². The largest absolute Gasteiger partial charge is 0.312 e. The Bertz CT molecular complexity index is 1070. The molecule has 0 bridgehead atoms. The molecule has 4 aromatic rings. The predicted octanol–water partition coefficient (Wildman–Crippen LogP) is 4.68. The lowest BCUT2D eigenvalue weighted by molar-refractivity contribution is 0.628. The molecular weight excluding hydrogens is 363 g/mol. The maximum atomic E-state index is 13.7. The summed E-state index contributed by atoms with van der Waals surface area (Å²) in [6.07, 6.45) is 9.86. The second-order valence-electron chi connectivity index (χ2n) is 6.76. The molecule has 3 heterocycles. The van der Waals surface area contributed by atoms with Crippen molar-refractivity contribution < 1.29 is 4.39 Å². The van der Waals surface area contributed by atoms with Crippen molar-refractivity contribution in [1.29, 1.82) is 0 Å². The first-order valence-electron chi connectivity index (χ1n) is 9.54. The van der Waals surface area contributed by atoms with Gasteiger partial charge in [-0.2, -0.15) is 0 Å². The normalized spacial score (nSPS) is 10.8. The molecule has 0 fully saturated rings. The Hall–Kier alpha value is -3.44. The van der Waals surface area contributed by atoms with Gasteiger partial charge < -0.3 is 5.32 Å². The highest BCUT2D eigenvalue weighted by Crippen LogP contribution is 2.27. The fraction of sp³-hybridized carbons (Fsp3) is 0.125. The van der Waals surface area contributed by atoms with Crippen molar-refractivity contribution in [3.05, 3.63) is 103 Å². The number of hydrogen-bond donors (Lipinski definition) is 1. The van der Waals surface area contributed by atoms with Crippen molar-refractivity contribution in [3.63, 3.8) is 0 Å². The summed E-state index contributed by atoms with van der Waals surface area (Å²) in [5.74, 6) is -0.252. The van der Waals surface area contributed by atoms with Gasteiger partial charge in [0.15, 0.2) is 0 Å². The molecule has 4 rings (SSSR count). The third-order valence-electron chi connectivity index (χ3n) is 4.73. The van der Waals surface area contributed by atoms with Crippen molar-refractivity contribution in [2.45, 2.75) is 13.0 Å². The van der Waals surface area contributed by atoms with Crippen LogP contribution in [0.2, 0.25) is 0 Å². The zero-order valence-electron chi connectivity index (χ0n) is 15.9. The van der Waals surface area contributed by atoms with Crippen LogP contribution in [0.15, 0.2) is 85.6 Å². The molecular formula is C24H21FN4. The van der Waals surface area contributed by atoms with Gasteiger partial charge >= 0.3 is 0 Å². The number of rotatable bonds is 7. The Morgan fingerprint density at radius 3 is 2.31 bits per heavy atom. The highest BCUT2D eigenvalue weighted by Gasteiger charge is 2.10. The fourth-order valence-electron chi connectivity index (χ4n) is 3.25. The molecule has 0 spiro atoms. The molecule has 0 aliphatic rings. The topological polar surface area (TPSA) is 50.7 Å². The minimum Gasteiger partial charge on any atom is -0.312 e. The smallest absolute Gasteiger partial charge is 0.123 e. The molecule has 144 valence electrons. The number of hydrogen-bond acceptors (Lipinski definition) is 4. The van der Waals surface area contributed by atoms with E-state index in [0.29, 0.717) is 6.54 Å². The van der Waals surface area contributed by atoms with Crippen LogP contribution in [0.1, 0.15) is 11.1 Å². The zero-order chi connectivity index (χ0) is 19.9. The van der Waals surface area contributed by atoms with Crippen LogP contribution in [0.25, 0.3) is 22.4 Å². The van der Waals surface area contributed by atoms with Gasteiger partial charge in [-0.15, -0.1) is 0 Å². The lowest BCUT2D eigenvalue weighted by atomic mass is 10.0. The molecule has 3 aromatic heterocycles. The van der Waals surface area contributed by atoms with Crippen LogP contribution >= 0.6 is 0 Å². The van der Waals surface area contributed by atoms with Gasteiger partial charge in [-0.1, -0.05) is 12.1 Å². The summed E-state index contributed by atoms with van der Waals surface area (Å²) in [6, 6.07) is 16.6. The Kier molecular flexibility index (Phi) is 5.98. The lowest BCUT2D eigenvalue weighted by Crippen LogP contribution is -2.17. The molecule has 0 amide bonds. The quantitative estimate of drug-likeness (QED) is 0.470. The number of aromatic nitrogens is 3. The van der Waals surface area contributed by atoms with Crippen LogP contribution < -0.4 is 5.32 Å². The van der Waals surface area contributed by atoms with E-state index in [9.17, 15) is 4.39 Å². The second kappa shape index (κ2) is 9.17. The first kappa shape index (κ1) is 18.9. The van der Waals surface area contributed by atoms with Crippen LogP contribution in [0.5, 0.6) is 0 Å². The summed E-state index contributed by atoms with van der Waals surface area (Å²) in [5.41, 5.74) is 5.94. The molecule has 29 heavy (non-hydrogen) atoms. The van der Waals surface area contributed by atoms with Gasteiger partial charge in [0.1, 0.15) is 5.82 Å². The molecule has 4 nitrogen and oxygen atoms in total. The van der Waals surface area contributed by atoms with Crippen molar-refractivity contribution in [2.24, 2.45) is 0 Å². The molecule has 0 atom stereocenters. The lowest BCUT2D eigenvalue weighted by Gasteiger charge is -2.13. The van der Waals surface area contributed by atoms with Crippen LogP contribution in [0, 0.1) is 5.82 Å². The third-order valence-corrected chi connectivity index (χ3v) is 4.73. The summed E-state index contributed by atoms with van der Waals surface area (Å²) in [7, 11) is 0. The molecule has 0 radical (unpaired) electrons. The van der Waals surface area contributed by atoms with Gasteiger partial charge in [0.25, 0.3) is 0 Å². The van der Waals surface area contributed by atoms with Gasteiger partial charge in [0.05, 0.1) is 5.69 Å². The average Bonchev–Trinajstić information content (AvgIpc) is 2.78. The van der Waals surface area contributed by atoms with Gasteiger partial charge in [-0.25, -0.2) is 4.39 Å². The standard InChI is InChI=1S/C24H21FN4/c25-23-3-1-2-20(15-23)21-14-22(16-28-11-6-18-4-9-26-10-5-18)24(29-17-21)19-7-12-27-13-8-19/h1-5,7-10,12-15,17,28H,6,11,16H2. The van der Waals surface area contributed by atoms with E-state index >= 15 is 0 Å². The monoisotopic (exact) mass is 384 g/mol. The van der Waals surface area contributed by atoms with E-state index in [1.807, 2.05) is 42.7 Å². The minimum absolute atomic E-state index is 0.252. The maximum absolute atomic E-state index is 13.7. The van der Waals surface area contributed by atoms with Crippen molar-refractivity contribution in [3.8, 4) is 22.4 Å². The van der Waals surface area contributed by atoms with E-state index in [4.69, 9.17) is 4.98 Å². The summed E-state index contributed by atoms with van der Waals surface area (Å²) in [5, 5.41) is 3.50. The van der Waals surface area contributed by atoms with Gasteiger partial charge in [-0.3, -0.25) is 15.0 Å². The summed E-state index contributed by atoms with van der Waals surface area (Å²) in [6.45, 7) is 1.50. The number of nitrogens with one attached hydrogen (secondary N) is 1. The van der Waals surface area contributed by atoms with E-state index < -0.39 is 0 Å². The van der Waals surface area contributed by atoms with Crippen LogP contribution in [0.4, 0.5) is 4.39 Å². The zero-order valence-corrected chi connectivity index (χ0v) is 15.9. The number of benzene rings is 1. The van der Waals surface area contributed by atoms with Crippen LogP contribution in [-0.4, -0.2) is 21.5 Å². The molecule has 0 saturated carbocycles. The number of halogens is 1. The van der Waals surface area contributed by atoms with E-state index in [-0.39, 0.29) is 5.82 Å². The SMILES string of the molecule is Fc1cccc(-c2cnc(-c3ccncc3)c(CNCCc3ccncc3)c2)c1. The molecule has 1 N–H and O–H groups in total. The summed E-state index contributed by atoms with van der Waals surface area (Å²) in [4.78, 5) is 12.8. The average molecular weight is 384 g/mol. The number of nitrogens with zero attached hydrogens (tertiary/aromatic N) is 3. The second-order valence-corrected chi connectivity index (χ2v) is 6.76. The Morgan fingerprint density at radius 2 is 1.55 bits per heavy atom. The summed E-state index contributed by atoms with van der Waals surface area (Å²) >= 11 is 0. The van der Waals surface area contributed by atoms with Crippen LogP contribution in [-0.2, 0) is 13.0 Å². The molecule has 1 aromatic carbocycles. The molecule has 0 aliphatic heterocycles. The Labute approximate surface area is 169 Å². The van der Waals surface area contributed by atoms with Crippen molar-refractivity contribution in [1.82, 2.24) is 20.3 Å². The first-order valence-corrected chi connectivity index (χ1v) is 9.54. The van der Waals surface area contributed by atoms with Crippen LogP contribution in [0.3, 0.4) is 0 Å².